The van der Waals surface area contributed by atoms with Crippen LogP contribution in [0.25, 0.3) is 10.9 Å². The van der Waals surface area contributed by atoms with Crippen LogP contribution >= 0.6 is 0 Å². The SMILES string of the molecule is O=C(Cc1cccc2cccnc12)OC(C(=O)N1CCCC1)c1ccccc1. The van der Waals surface area contributed by atoms with Gasteiger partial charge in [0.1, 0.15) is 0 Å². The number of amides is 1. The summed E-state index contributed by atoms with van der Waals surface area (Å²) in [5, 5.41) is 0.973. The fourth-order valence-electron chi connectivity index (χ4n) is 3.63. The zero-order valence-electron chi connectivity index (χ0n) is 15.6. The lowest BCUT2D eigenvalue weighted by molar-refractivity contribution is -0.160. The Balaban J connectivity index is 1.56. The van der Waals surface area contributed by atoms with Gasteiger partial charge in [0.15, 0.2) is 0 Å². The van der Waals surface area contributed by atoms with E-state index in [2.05, 4.69) is 4.98 Å². The summed E-state index contributed by atoms with van der Waals surface area (Å²) in [6.07, 6.45) is 2.85. The van der Waals surface area contributed by atoms with Crippen LogP contribution < -0.4 is 0 Å². The van der Waals surface area contributed by atoms with Crippen molar-refractivity contribution < 1.29 is 14.3 Å². The van der Waals surface area contributed by atoms with Crippen LogP contribution in [0, 0.1) is 0 Å². The molecular weight excluding hydrogens is 352 g/mol. The van der Waals surface area contributed by atoms with Crippen LogP contribution in [0.5, 0.6) is 0 Å². The summed E-state index contributed by atoms with van der Waals surface area (Å²) in [6, 6.07) is 18.8. The van der Waals surface area contributed by atoms with Crippen molar-refractivity contribution >= 4 is 22.8 Å². The Morgan fingerprint density at radius 1 is 0.964 bits per heavy atom. The number of likely N-dealkylation sites (tertiary alicyclic amines) is 1. The first-order valence-corrected chi connectivity index (χ1v) is 9.58. The van der Waals surface area contributed by atoms with E-state index in [1.54, 1.807) is 11.1 Å². The van der Waals surface area contributed by atoms with E-state index < -0.39 is 12.1 Å². The van der Waals surface area contributed by atoms with Gasteiger partial charge in [0.05, 0.1) is 11.9 Å². The second-order valence-corrected chi connectivity index (χ2v) is 6.98. The molecule has 2 heterocycles. The van der Waals surface area contributed by atoms with Crippen molar-refractivity contribution in [1.29, 1.82) is 0 Å². The first-order chi connectivity index (χ1) is 13.7. The third-order valence-electron chi connectivity index (χ3n) is 5.04. The molecule has 1 aliphatic heterocycles. The standard InChI is InChI=1S/C23H22N2O3/c26-20(16-19-11-6-10-17-12-7-13-24-21(17)19)28-22(18-8-2-1-3-9-18)23(27)25-14-4-5-15-25/h1-3,6-13,22H,4-5,14-16H2. The van der Waals surface area contributed by atoms with E-state index in [1.807, 2.05) is 60.7 Å². The Hall–Kier alpha value is -3.21. The zero-order valence-corrected chi connectivity index (χ0v) is 15.6. The summed E-state index contributed by atoms with van der Waals surface area (Å²) in [4.78, 5) is 31.9. The number of hydrogen-bond acceptors (Lipinski definition) is 4. The number of aromatic nitrogens is 1. The number of carbonyl (C=O) groups excluding carboxylic acids is 2. The maximum absolute atomic E-state index is 13.0. The first kappa shape index (κ1) is 18.2. The third-order valence-corrected chi connectivity index (χ3v) is 5.04. The molecule has 142 valence electrons. The fourth-order valence-corrected chi connectivity index (χ4v) is 3.63. The highest BCUT2D eigenvalue weighted by Gasteiger charge is 2.31. The lowest BCUT2D eigenvalue weighted by Crippen LogP contribution is -2.35. The van der Waals surface area contributed by atoms with Gasteiger partial charge in [0.25, 0.3) is 5.91 Å². The Kier molecular flexibility index (Phi) is 5.33. The van der Waals surface area contributed by atoms with Crippen molar-refractivity contribution in [2.75, 3.05) is 13.1 Å². The van der Waals surface area contributed by atoms with Crippen LogP contribution in [0.2, 0.25) is 0 Å². The molecule has 5 heteroatoms. The predicted molar refractivity (Wildman–Crippen MR) is 107 cm³/mol. The number of fused-ring (bicyclic) bond motifs is 1. The van der Waals surface area contributed by atoms with E-state index in [4.69, 9.17) is 4.74 Å². The van der Waals surface area contributed by atoms with E-state index in [0.29, 0.717) is 18.7 Å². The highest BCUT2D eigenvalue weighted by atomic mass is 16.5. The van der Waals surface area contributed by atoms with Crippen LogP contribution in [0.4, 0.5) is 0 Å². The number of ether oxygens (including phenoxy) is 1. The molecule has 1 fully saturated rings. The van der Waals surface area contributed by atoms with Crippen LogP contribution in [0.1, 0.15) is 30.1 Å². The molecule has 0 saturated carbocycles. The number of rotatable bonds is 5. The third kappa shape index (κ3) is 3.88. The number of esters is 1. The number of para-hydroxylation sites is 1. The minimum Gasteiger partial charge on any atom is -0.447 e. The van der Waals surface area contributed by atoms with Crippen molar-refractivity contribution in [2.24, 2.45) is 0 Å². The van der Waals surface area contributed by atoms with Crippen molar-refractivity contribution in [2.45, 2.75) is 25.4 Å². The van der Waals surface area contributed by atoms with Gasteiger partial charge in [-0.15, -0.1) is 0 Å². The number of carbonyl (C=O) groups is 2. The van der Waals surface area contributed by atoms with Gasteiger partial charge in [0.2, 0.25) is 6.10 Å². The minimum atomic E-state index is -0.908. The molecule has 0 aliphatic carbocycles. The van der Waals surface area contributed by atoms with Crippen molar-refractivity contribution in [3.05, 3.63) is 78.0 Å². The van der Waals surface area contributed by atoms with Crippen LogP contribution in [0.3, 0.4) is 0 Å². The molecule has 0 N–H and O–H groups in total. The monoisotopic (exact) mass is 374 g/mol. The largest absolute Gasteiger partial charge is 0.447 e. The molecule has 0 radical (unpaired) electrons. The van der Waals surface area contributed by atoms with Gasteiger partial charge >= 0.3 is 5.97 Å². The number of nitrogens with zero attached hydrogens (tertiary/aromatic N) is 2. The Labute approximate surface area is 163 Å². The summed E-state index contributed by atoms with van der Waals surface area (Å²) in [7, 11) is 0. The lowest BCUT2D eigenvalue weighted by Gasteiger charge is -2.23. The zero-order chi connectivity index (χ0) is 19.3. The first-order valence-electron chi connectivity index (χ1n) is 9.58. The van der Waals surface area contributed by atoms with Gasteiger partial charge in [-0.3, -0.25) is 14.6 Å². The van der Waals surface area contributed by atoms with E-state index in [0.717, 1.165) is 29.3 Å². The van der Waals surface area contributed by atoms with Crippen LogP contribution in [-0.4, -0.2) is 34.8 Å². The number of benzene rings is 2. The number of hydrogen-bond donors (Lipinski definition) is 0. The van der Waals surface area contributed by atoms with Gasteiger partial charge < -0.3 is 9.64 Å². The highest BCUT2D eigenvalue weighted by molar-refractivity contribution is 5.88. The smallest absolute Gasteiger partial charge is 0.311 e. The molecule has 28 heavy (non-hydrogen) atoms. The van der Waals surface area contributed by atoms with Crippen LogP contribution in [-0.2, 0) is 20.7 Å². The predicted octanol–water partition coefficient (Wildman–Crippen LogP) is 3.68. The Bertz CT molecular complexity index is 976. The van der Waals surface area contributed by atoms with E-state index >= 15 is 0 Å². The molecule has 1 aromatic heterocycles. The molecule has 2 aromatic carbocycles. The van der Waals surface area contributed by atoms with Gasteiger partial charge in [-0.25, -0.2) is 0 Å². The van der Waals surface area contributed by atoms with Crippen molar-refractivity contribution in [3.8, 4) is 0 Å². The summed E-state index contributed by atoms with van der Waals surface area (Å²) < 4.78 is 5.71. The summed E-state index contributed by atoms with van der Waals surface area (Å²) in [5.41, 5.74) is 2.27. The molecule has 1 amide bonds. The average molecular weight is 374 g/mol. The average Bonchev–Trinajstić information content (AvgIpc) is 3.27. The topological polar surface area (TPSA) is 59.5 Å². The summed E-state index contributed by atoms with van der Waals surface area (Å²) in [5.74, 6) is -0.576. The molecule has 1 atom stereocenters. The quantitative estimate of drug-likeness (QED) is 0.639. The second-order valence-electron chi connectivity index (χ2n) is 6.98. The fraction of sp³-hybridized carbons (Fsp3) is 0.261. The molecular formula is C23H22N2O3. The van der Waals surface area contributed by atoms with Gasteiger partial charge in [-0.2, -0.15) is 0 Å². The van der Waals surface area contributed by atoms with Gasteiger partial charge in [-0.1, -0.05) is 54.6 Å². The lowest BCUT2D eigenvalue weighted by atomic mass is 10.1. The molecule has 5 nitrogen and oxygen atoms in total. The number of pyridine rings is 1. The molecule has 0 spiro atoms. The van der Waals surface area contributed by atoms with Gasteiger partial charge in [0, 0.05) is 30.2 Å². The van der Waals surface area contributed by atoms with Crippen molar-refractivity contribution in [3.63, 3.8) is 0 Å². The van der Waals surface area contributed by atoms with E-state index in [-0.39, 0.29) is 12.3 Å². The molecule has 1 saturated heterocycles. The summed E-state index contributed by atoms with van der Waals surface area (Å²) >= 11 is 0. The molecule has 1 unspecified atom stereocenters. The summed E-state index contributed by atoms with van der Waals surface area (Å²) in [6.45, 7) is 1.43. The molecule has 4 rings (SSSR count). The maximum Gasteiger partial charge on any atom is 0.311 e. The van der Waals surface area contributed by atoms with Gasteiger partial charge in [-0.05, 0) is 24.5 Å². The van der Waals surface area contributed by atoms with E-state index in [9.17, 15) is 9.59 Å². The maximum atomic E-state index is 13.0. The van der Waals surface area contributed by atoms with E-state index in [1.165, 1.54) is 0 Å². The highest BCUT2D eigenvalue weighted by Crippen LogP contribution is 2.24. The van der Waals surface area contributed by atoms with Crippen LogP contribution in [0.15, 0.2) is 66.9 Å². The molecule has 3 aromatic rings. The Morgan fingerprint density at radius 2 is 1.71 bits per heavy atom. The molecule has 1 aliphatic rings. The normalized spacial score (nSPS) is 14.8. The molecule has 0 bridgehead atoms. The minimum absolute atomic E-state index is 0.0744. The second kappa shape index (κ2) is 8.21. The van der Waals surface area contributed by atoms with Crippen molar-refractivity contribution in [1.82, 2.24) is 9.88 Å². The Morgan fingerprint density at radius 3 is 2.50 bits per heavy atom.